The number of hydrogen-bond acceptors (Lipinski definition) is 6. The molecule has 1 fully saturated rings. The molecule has 5 rings (SSSR count). The number of alkyl halides is 2. The van der Waals surface area contributed by atoms with E-state index in [2.05, 4.69) is 24.7 Å². The van der Waals surface area contributed by atoms with Gasteiger partial charge in [-0.25, -0.2) is 8.78 Å². The Kier molecular flexibility index (Phi) is 7.37. The zero-order valence-electron chi connectivity index (χ0n) is 20.2. The van der Waals surface area contributed by atoms with Gasteiger partial charge in [-0.2, -0.15) is 0 Å². The number of pyridine rings is 1. The molecule has 0 unspecified atom stereocenters. The van der Waals surface area contributed by atoms with Gasteiger partial charge in [0.05, 0.1) is 11.7 Å². The summed E-state index contributed by atoms with van der Waals surface area (Å²) in [6.45, 7) is 2.04. The van der Waals surface area contributed by atoms with Gasteiger partial charge in [0.25, 0.3) is 0 Å². The first-order valence-electron chi connectivity index (χ1n) is 12.2. The maximum atomic E-state index is 13.7. The highest BCUT2D eigenvalue weighted by molar-refractivity contribution is 5.79. The first-order valence-corrected chi connectivity index (χ1v) is 12.2. The highest BCUT2D eigenvalue weighted by Crippen LogP contribution is 2.42. The van der Waals surface area contributed by atoms with E-state index in [1.165, 1.54) is 18.2 Å². The number of amides is 1. The number of ether oxygens (including phenoxy) is 3. The van der Waals surface area contributed by atoms with Crippen LogP contribution in [-0.2, 0) is 4.79 Å². The van der Waals surface area contributed by atoms with E-state index in [0.717, 1.165) is 12.1 Å². The fourth-order valence-electron chi connectivity index (χ4n) is 4.58. The number of fused-ring (bicyclic) bond motifs is 1. The van der Waals surface area contributed by atoms with Crippen LogP contribution in [-0.4, -0.2) is 48.3 Å². The lowest BCUT2D eigenvalue weighted by Gasteiger charge is -2.32. The monoisotopic (exact) mass is 531 g/mol. The molecule has 7 nitrogen and oxygen atoms in total. The molecule has 38 heavy (non-hydrogen) atoms. The molecule has 1 saturated heterocycles. The van der Waals surface area contributed by atoms with Gasteiger partial charge in [0.1, 0.15) is 12.4 Å². The second-order valence-corrected chi connectivity index (χ2v) is 9.11. The average Bonchev–Trinajstić information content (AvgIpc) is 3.22. The molecule has 2 aromatic carbocycles. The van der Waals surface area contributed by atoms with Crippen LogP contribution in [0.25, 0.3) is 0 Å². The number of halogens is 4. The van der Waals surface area contributed by atoms with Crippen LogP contribution in [0.4, 0.5) is 17.6 Å². The maximum Gasteiger partial charge on any atom is 0.586 e. The summed E-state index contributed by atoms with van der Waals surface area (Å²) in [4.78, 5) is 19.7. The third-order valence-electron chi connectivity index (χ3n) is 6.55. The van der Waals surface area contributed by atoms with Crippen LogP contribution in [0.1, 0.15) is 30.1 Å². The molecule has 0 saturated carbocycles. The fourth-order valence-corrected chi connectivity index (χ4v) is 4.58. The molecule has 3 heterocycles. The number of nitrogens with one attached hydrogen (secondary N) is 1. The number of piperidine rings is 1. The lowest BCUT2D eigenvalue weighted by molar-refractivity contribution is -0.286. The third kappa shape index (κ3) is 5.99. The third-order valence-corrected chi connectivity index (χ3v) is 6.55. The van der Waals surface area contributed by atoms with Crippen molar-refractivity contribution in [1.29, 1.82) is 0 Å². The van der Waals surface area contributed by atoms with Gasteiger partial charge in [-0.15, -0.1) is 8.78 Å². The van der Waals surface area contributed by atoms with Gasteiger partial charge in [0.15, 0.2) is 23.1 Å². The zero-order chi connectivity index (χ0) is 26.7. The smallest absolute Gasteiger partial charge is 0.489 e. The molecule has 2 aliphatic heterocycles. The van der Waals surface area contributed by atoms with Crippen molar-refractivity contribution >= 4 is 5.91 Å². The minimum atomic E-state index is -3.74. The molecule has 1 amide bonds. The normalized spacial score (nSPS) is 17.7. The molecule has 1 atom stereocenters. The number of rotatable bonds is 8. The average molecular weight is 532 g/mol. The van der Waals surface area contributed by atoms with Crippen LogP contribution in [0.3, 0.4) is 0 Å². The van der Waals surface area contributed by atoms with E-state index < -0.39 is 24.0 Å². The Hall–Kier alpha value is -3.86. The Morgan fingerprint density at radius 3 is 2.61 bits per heavy atom. The van der Waals surface area contributed by atoms with E-state index in [-0.39, 0.29) is 35.7 Å². The lowest BCUT2D eigenvalue weighted by atomic mass is 9.94. The molecule has 200 valence electrons. The number of carbonyl (C=O) groups excluding carboxylic acids is 1. The zero-order valence-corrected chi connectivity index (χ0v) is 20.2. The molecule has 2 aliphatic rings. The standard InChI is InChI=1S/C27H25F4N3O4/c28-19-5-7-22(20(29)16-19)36-14-13-34-11-8-17(9-12-34)26(35)33-25(21-3-1-2-10-32-21)18-4-6-23-24(15-18)38-27(30,31)37-23/h1-7,10,15-17,25H,8-9,11-14H2,(H,33,35)/t25-/m1/s1. The topological polar surface area (TPSA) is 72.9 Å². The summed E-state index contributed by atoms with van der Waals surface area (Å²) in [5.74, 6) is -2.05. The predicted octanol–water partition coefficient (Wildman–Crippen LogP) is 4.68. The summed E-state index contributed by atoms with van der Waals surface area (Å²) in [5.41, 5.74) is 1.08. The van der Waals surface area contributed by atoms with E-state index in [4.69, 9.17) is 4.74 Å². The van der Waals surface area contributed by atoms with E-state index in [1.807, 2.05) is 0 Å². The van der Waals surface area contributed by atoms with Crippen molar-refractivity contribution in [3.05, 3.63) is 83.7 Å². The Balaban J connectivity index is 1.18. The first kappa shape index (κ1) is 25.8. The summed E-state index contributed by atoms with van der Waals surface area (Å²) in [6, 6.07) is 12.2. The molecule has 1 N–H and O–H groups in total. The number of nitrogens with zero attached hydrogens (tertiary/aromatic N) is 2. The second-order valence-electron chi connectivity index (χ2n) is 9.11. The quantitative estimate of drug-likeness (QED) is 0.426. The molecule has 0 aliphatic carbocycles. The molecule has 3 aromatic rings. The summed E-state index contributed by atoms with van der Waals surface area (Å²) in [5, 5.41) is 3.02. The lowest BCUT2D eigenvalue weighted by Crippen LogP contribution is -2.43. The SMILES string of the molecule is O=C(N[C@H](c1ccc2c(c1)OC(F)(F)O2)c1ccccn1)C1CCN(CCOc2ccc(F)cc2F)CC1. The highest BCUT2D eigenvalue weighted by Gasteiger charge is 2.43. The second kappa shape index (κ2) is 10.9. The van der Waals surface area contributed by atoms with Crippen molar-refractivity contribution in [3.8, 4) is 17.2 Å². The van der Waals surface area contributed by atoms with Crippen LogP contribution in [0.5, 0.6) is 17.2 Å². The summed E-state index contributed by atoms with van der Waals surface area (Å²) in [7, 11) is 0. The summed E-state index contributed by atoms with van der Waals surface area (Å²) >= 11 is 0. The van der Waals surface area contributed by atoms with Gasteiger partial charge in [-0.05, 0) is 67.9 Å². The Labute approximate surface area is 216 Å². The first-order chi connectivity index (χ1) is 18.3. The molecule has 1 aromatic heterocycles. The van der Waals surface area contributed by atoms with Gasteiger partial charge >= 0.3 is 6.29 Å². The van der Waals surface area contributed by atoms with Crippen molar-refractivity contribution in [2.45, 2.75) is 25.2 Å². The largest absolute Gasteiger partial charge is 0.586 e. The minimum absolute atomic E-state index is 0.00605. The van der Waals surface area contributed by atoms with Gasteiger partial charge in [-0.3, -0.25) is 14.7 Å². The van der Waals surface area contributed by atoms with Gasteiger partial charge in [0.2, 0.25) is 5.91 Å². The Morgan fingerprint density at radius 1 is 1.08 bits per heavy atom. The van der Waals surface area contributed by atoms with Crippen molar-refractivity contribution in [2.24, 2.45) is 5.92 Å². The van der Waals surface area contributed by atoms with E-state index in [1.54, 1.807) is 30.5 Å². The Bertz CT molecular complexity index is 1290. The number of likely N-dealkylation sites (tertiary alicyclic amines) is 1. The number of hydrogen-bond donors (Lipinski definition) is 1. The van der Waals surface area contributed by atoms with Crippen LogP contribution >= 0.6 is 0 Å². The van der Waals surface area contributed by atoms with Crippen LogP contribution in [0, 0.1) is 17.6 Å². The van der Waals surface area contributed by atoms with Crippen LogP contribution in [0.2, 0.25) is 0 Å². The van der Waals surface area contributed by atoms with Crippen molar-refractivity contribution < 1.29 is 36.6 Å². The molecule has 0 bridgehead atoms. The predicted molar refractivity (Wildman–Crippen MR) is 128 cm³/mol. The minimum Gasteiger partial charge on any atom is -0.489 e. The number of benzene rings is 2. The van der Waals surface area contributed by atoms with E-state index >= 15 is 0 Å². The van der Waals surface area contributed by atoms with Crippen molar-refractivity contribution in [3.63, 3.8) is 0 Å². The molecule has 11 heteroatoms. The van der Waals surface area contributed by atoms with Crippen molar-refractivity contribution in [1.82, 2.24) is 15.2 Å². The fraction of sp³-hybridized carbons (Fsp3) is 0.333. The molecule has 0 radical (unpaired) electrons. The van der Waals surface area contributed by atoms with Crippen LogP contribution in [0.15, 0.2) is 60.8 Å². The summed E-state index contributed by atoms with van der Waals surface area (Å²) in [6.07, 6.45) is -0.955. The number of carbonyl (C=O) groups is 1. The number of aromatic nitrogens is 1. The van der Waals surface area contributed by atoms with Gasteiger partial charge in [-0.1, -0.05) is 12.1 Å². The van der Waals surface area contributed by atoms with E-state index in [9.17, 15) is 22.4 Å². The van der Waals surface area contributed by atoms with Crippen LogP contribution < -0.4 is 19.5 Å². The molecular weight excluding hydrogens is 506 g/mol. The highest BCUT2D eigenvalue weighted by atomic mass is 19.3. The van der Waals surface area contributed by atoms with E-state index in [0.29, 0.717) is 43.7 Å². The summed E-state index contributed by atoms with van der Waals surface area (Å²) < 4.78 is 68.3. The maximum absolute atomic E-state index is 13.7. The van der Waals surface area contributed by atoms with Gasteiger partial charge in [0, 0.05) is 24.7 Å². The van der Waals surface area contributed by atoms with Gasteiger partial charge < -0.3 is 19.5 Å². The van der Waals surface area contributed by atoms with Crippen molar-refractivity contribution in [2.75, 3.05) is 26.2 Å². The molecular formula is C27H25F4N3O4. The Morgan fingerprint density at radius 2 is 1.87 bits per heavy atom. The molecule has 0 spiro atoms.